The molecule has 0 aliphatic heterocycles. The van der Waals surface area contributed by atoms with E-state index in [2.05, 4.69) is 19.4 Å². The van der Waals surface area contributed by atoms with Crippen LogP contribution >= 0.6 is 202 Å². The summed E-state index contributed by atoms with van der Waals surface area (Å²) in [7, 11) is -1.48. The quantitative estimate of drug-likeness (QED) is 0.0169. The Morgan fingerprint density at radius 3 is 1.06 bits per heavy atom. The van der Waals surface area contributed by atoms with E-state index in [0.717, 1.165) is 0 Å². The summed E-state index contributed by atoms with van der Waals surface area (Å²) in [5.41, 5.74) is 6.18. The highest BCUT2D eigenvalue weighted by molar-refractivity contribution is 14.1. The van der Waals surface area contributed by atoms with Gasteiger partial charge in [-0.2, -0.15) is 5.09 Å². The second kappa shape index (κ2) is 46.5. The monoisotopic (exact) mass is 2150 g/mol. The van der Waals surface area contributed by atoms with E-state index in [1.165, 1.54) is 40.2 Å². The zero-order chi connectivity index (χ0) is 72.7. The molecule has 0 amide bonds. The molecule has 0 saturated carbocycles. The van der Waals surface area contributed by atoms with Gasteiger partial charge in [0.05, 0.1) is 70.6 Å². The molecule has 37 heteroatoms. The summed E-state index contributed by atoms with van der Waals surface area (Å²) in [4.78, 5) is 67.9. The van der Waals surface area contributed by atoms with Gasteiger partial charge in [-0.3, -0.25) is 14.4 Å². The molecule has 6 aromatic carbocycles. The second-order valence-electron chi connectivity index (χ2n) is 19.3. The van der Waals surface area contributed by atoms with Crippen molar-refractivity contribution in [1.82, 2.24) is 10.2 Å². The molecule has 0 saturated heterocycles. The van der Waals surface area contributed by atoms with E-state index < -0.39 is 68.7 Å². The van der Waals surface area contributed by atoms with Gasteiger partial charge in [0, 0.05) is 33.7 Å². The average Bonchev–Trinajstić information content (AvgIpc) is 0.818. The lowest BCUT2D eigenvalue weighted by molar-refractivity contribution is -0.149. The Hall–Kier alpha value is -2.95. The molecule has 0 heterocycles. The molecule has 5 atom stereocenters. The number of aromatic hydroxyl groups is 2. The van der Waals surface area contributed by atoms with Gasteiger partial charge in [-0.05, 0) is 271 Å². The lowest BCUT2D eigenvalue weighted by Crippen LogP contribution is -2.37. The molecule has 0 aliphatic carbocycles. The lowest BCUT2D eigenvalue weighted by atomic mass is 10.2. The minimum atomic E-state index is -4.09. The van der Waals surface area contributed by atoms with Crippen LogP contribution in [-0.2, 0) is 51.8 Å². The molecule has 6 aromatic rings. The van der Waals surface area contributed by atoms with Crippen molar-refractivity contribution in [1.29, 1.82) is 0 Å². The number of carbonyl (C=O) groups is 6. The number of para-hydroxylation sites is 3. The van der Waals surface area contributed by atoms with Gasteiger partial charge in [0.15, 0.2) is 5.75 Å². The molecular weight excluding hydrogens is 2080 g/mol. The number of nitrogens with one attached hydrogen (secondary N) is 2. The maximum atomic E-state index is 13.7. The van der Waals surface area contributed by atoms with Crippen LogP contribution in [0.4, 0.5) is 0 Å². The van der Waals surface area contributed by atoms with E-state index in [1.807, 2.05) is 136 Å². The Morgan fingerprint density at radius 1 is 0.458 bits per heavy atom. The van der Waals surface area contributed by atoms with Crippen LogP contribution < -0.4 is 34.0 Å². The Labute approximate surface area is 658 Å². The molecule has 96 heavy (non-hydrogen) atoms. The molecular formula is C59H68Cl4I6N3O21P3. The smallest absolute Gasteiger partial charge is 0.506 e. The molecule has 530 valence electrons. The van der Waals surface area contributed by atoms with Gasteiger partial charge < -0.3 is 62.8 Å². The molecule has 0 spiro atoms. The normalized spacial score (nSPS) is 12.6. The number of aromatic carboxylic acids is 1. The number of esters is 5. The Kier molecular flexibility index (Phi) is 45.1. The van der Waals surface area contributed by atoms with E-state index in [1.54, 1.807) is 164 Å². The van der Waals surface area contributed by atoms with Crippen LogP contribution in [0, 0.1) is 21.4 Å². The largest absolute Gasteiger partial charge is 0.513 e. The van der Waals surface area contributed by atoms with Crippen molar-refractivity contribution in [2.75, 3.05) is 14.2 Å². The maximum Gasteiger partial charge on any atom is 0.513 e. The fraction of sp³-hybridized carbons (Fsp3) is 0.288. The third-order valence-corrected chi connectivity index (χ3v) is 19.0. The Bertz CT molecular complexity index is 3580. The molecule has 24 nitrogen and oxygen atoms in total. The first kappa shape index (κ1) is 93.0. The van der Waals surface area contributed by atoms with Gasteiger partial charge in [-0.25, -0.2) is 33.2 Å². The molecule has 2 unspecified atom stereocenters. The van der Waals surface area contributed by atoms with E-state index in [0.29, 0.717) is 49.8 Å². The van der Waals surface area contributed by atoms with Crippen LogP contribution in [0.5, 0.6) is 34.5 Å². The van der Waals surface area contributed by atoms with E-state index >= 15 is 0 Å². The lowest BCUT2D eigenvalue weighted by Gasteiger charge is -2.24. The van der Waals surface area contributed by atoms with Gasteiger partial charge >= 0.3 is 56.5 Å². The third kappa shape index (κ3) is 38.2. The van der Waals surface area contributed by atoms with Gasteiger partial charge in [-0.15, -0.1) is 12.4 Å². The topological polar surface area (TPSA) is 347 Å². The van der Waals surface area contributed by atoms with Crippen LogP contribution in [-0.4, -0.2) is 102 Å². The minimum absolute atomic E-state index is 0. The molecule has 6 rings (SSSR count). The predicted molar refractivity (Wildman–Crippen MR) is 421 cm³/mol. The fourth-order valence-electron chi connectivity index (χ4n) is 6.01. The van der Waals surface area contributed by atoms with Crippen LogP contribution in [0.3, 0.4) is 0 Å². The number of rotatable bonds is 21. The number of nitrogens with two attached hydrogens (primary N) is 1. The number of phenols is 2. The molecule has 0 aromatic heterocycles. The van der Waals surface area contributed by atoms with Crippen LogP contribution in [0.2, 0.25) is 0 Å². The Morgan fingerprint density at radius 2 is 0.760 bits per heavy atom. The van der Waals surface area contributed by atoms with E-state index in [9.17, 15) is 52.7 Å². The number of carboxylic acid groups (broad SMARTS) is 1. The van der Waals surface area contributed by atoms with Crippen molar-refractivity contribution in [3.8, 4) is 34.5 Å². The van der Waals surface area contributed by atoms with E-state index in [4.69, 9.17) is 77.1 Å². The zero-order valence-corrected chi connectivity index (χ0v) is 71.2. The standard InChI is InChI=1S/C20H22I2NO7P.C12H17ClNO4P.C8H6I2O3.C7H4I2O3.C6H5Cl2O2P.C6H13NO2.ClH/c1-12(2)28-19(24)13(3)23-31(26,29-15-8-6-5-7-9-15)30-18-16(21)10-14(11-17(18)22)20(25)27-4;1-9(2)17-12(15)10(3)14-19(13,16)18-11-7-5-4-6-8-11;1-13-8(12)4-2-5(9)7(11)6(10)3-4;8-4-1-3(7(11)12)2-5(9)6(4)10;7-11(8,9)10-6-4-2-1-3-5-6;1-4(2)9-6(8)5(3)7;/h5-13H,1-4H3,(H,23,26);4-10H,1-3H3,(H,14,16);2-3,11H,1H3;1-2,10H,(H,11,12);1-5H;4-5H,7H2,1-3H3;1H/t13-,31?;10-,19?;;;;5-;/m00...0./s1. The van der Waals surface area contributed by atoms with Crippen molar-refractivity contribution in [3.05, 3.63) is 166 Å². The number of carboxylic acids is 1. The summed E-state index contributed by atoms with van der Waals surface area (Å²) in [6, 6.07) is 32.3. The number of hydrogen-bond acceptors (Lipinski definition) is 21. The summed E-state index contributed by atoms with van der Waals surface area (Å²) < 4.78 is 85.3. The van der Waals surface area contributed by atoms with E-state index in [-0.39, 0.29) is 59.5 Å². The minimum Gasteiger partial charge on any atom is -0.506 e. The highest BCUT2D eigenvalue weighted by atomic mass is 127. The highest BCUT2D eigenvalue weighted by Gasteiger charge is 2.36. The van der Waals surface area contributed by atoms with Crippen molar-refractivity contribution < 1.29 is 99.6 Å². The first-order chi connectivity index (χ1) is 44.0. The molecule has 0 fully saturated rings. The summed E-state index contributed by atoms with van der Waals surface area (Å²) >= 11 is 27.7. The van der Waals surface area contributed by atoms with Crippen molar-refractivity contribution in [2.24, 2.45) is 5.73 Å². The second-order valence-corrected chi connectivity index (χ2v) is 34.8. The molecule has 0 aliphatic rings. The fourth-order valence-corrected chi connectivity index (χ4v) is 16.0. The highest BCUT2D eigenvalue weighted by Crippen LogP contribution is 2.57. The van der Waals surface area contributed by atoms with Gasteiger partial charge in [-0.1, -0.05) is 54.6 Å². The van der Waals surface area contributed by atoms with Crippen LogP contribution in [0.25, 0.3) is 0 Å². The molecule has 0 radical (unpaired) electrons. The average molecular weight is 2150 g/mol. The summed E-state index contributed by atoms with van der Waals surface area (Å²) in [6.45, 7) is 11.4. The first-order valence-corrected chi connectivity index (χ1v) is 41.0. The van der Waals surface area contributed by atoms with Gasteiger partial charge in [0.1, 0.15) is 46.9 Å². The third-order valence-electron chi connectivity index (χ3n) is 10.1. The first-order valence-electron chi connectivity index (χ1n) is 27.0. The predicted octanol–water partition coefficient (Wildman–Crippen LogP) is 17.6. The van der Waals surface area contributed by atoms with Crippen molar-refractivity contribution in [2.45, 2.75) is 98.8 Å². The number of hydrogen-bond donors (Lipinski definition) is 6. The number of phenolic OH excluding ortho intramolecular Hbond substituents is 2. The number of halogens is 10. The van der Waals surface area contributed by atoms with Crippen molar-refractivity contribution >= 4 is 238 Å². The molecule has 7 N–H and O–H groups in total. The summed E-state index contributed by atoms with van der Waals surface area (Å²) in [5, 5.41) is 32.4. The Balaban J connectivity index is 0.00000120. The SMILES string of the molecule is CC(C)OC(=O)[C@H](C)N.CC(C)OC(=O)[C@H](C)NP(=O)(Cl)Oc1ccccc1.COC(=O)c1cc(I)c(O)c(I)c1.COC(=O)c1cc(I)c(OP(=O)(N[C@@H](C)C(=O)OC(C)C)Oc2ccccc2)c(I)c1.Cl.O=C(O)c1cc(I)c(O)c(I)c1.O=P(Cl)(Cl)Oc1ccccc1. The summed E-state index contributed by atoms with van der Waals surface area (Å²) in [5.74, 6) is -1.72. The number of ether oxygens (including phenoxy) is 5. The number of methoxy groups -OCH3 is 2. The zero-order valence-electron chi connectivity index (χ0n) is 52.5. The molecule has 0 bridgehead atoms. The van der Waals surface area contributed by atoms with Crippen LogP contribution in [0.1, 0.15) is 93.4 Å². The van der Waals surface area contributed by atoms with Gasteiger partial charge in [0.2, 0.25) is 0 Å². The van der Waals surface area contributed by atoms with Gasteiger partial charge in [0.25, 0.3) is 0 Å². The summed E-state index contributed by atoms with van der Waals surface area (Å²) in [6.07, 6.45) is -4.09. The maximum absolute atomic E-state index is 13.7. The van der Waals surface area contributed by atoms with Crippen LogP contribution in [0.15, 0.2) is 127 Å². The van der Waals surface area contributed by atoms with Crippen molar-refractivity contribution in [3.63, 3.8) is 0 Å². The number of benzene rings is 6. The number of carbonyl (C=O) groups excluding carboxylic acids is 5.